The van der Waals surface area contributed by atoms with E-state index in [1.807, 2.05) is 0 Å². The van der Waals surface area contributed by atoms with Crippen LogP contribution in [0.5, 0.6) is 0 Å². The molecule has 3 atom stereocenters. The van der Waals surface area contributed by atoms with Gasteiger partial charge in [0, 0.05) is 11.8 Å². The van der Waals surface area contributed by atoms with Crippen molar-refractivity contribution >= 4 is 5.91 Å². The molecule has 0 aliphatic carbocycles. The van der Waals surface area contributed by atoms with Crippen molar-refractivity contribution in [1.82, 2.24) is 15.2 Å². The summed E-state index contributed by atoms with van der Waals surface area (Å²) in [7, 11) is 0. The number of ether oxygens (including phenoxy) is 1. The van der Waals surface area contributed by atoms with Crippen LogP contribution in [0.4, 0.5) is 26.3 Å². The highest BCUT2D eigenvalue weighted by atomic mass is 19.4. The van der Waals surface area contributed by atoms with Crippen molar-refractivity contribution < 1.29 is 35.9 Å². The second-order valence-corrected chi connectivity index (χ2v) is 8.17. The molecule has 1 aliphatic heterocycles. The van der Waals surface area contributed by atoms with Gasteiger partial charge in [-0.25, -0.2) is 9.71 Å². The number of carbonyl (C=O) groups excluding carboxylic acids is 1. The molecule has 5 nitrogen and oxygen atoms in total. The first kappa shape index (κ1) is 25.0. The number of benzene rings is 1. The predicted molar refractivity (Wildman–Crippen MR) is 108 cm³/mol. The van der Waals surface area contributed by atoms with Crippen molar-refractivity contribution in [1.29, 1.82) is 0 Å². The minimum absolute atomic E-state index is 0.212. The maximum atomic E-state index is 13.8. The van der Waals surface area contributed by atoms with Gasteiger partial charge < -0.3 is 9.64 Å². The lowest BCUT2D eigenvalue weighted by molar-refractivity contribution is -0.163. The maximum absolute atomic E-state index is 13.8. The van der Waals surface area contributed by atoms with Crippen molar-refractivity contribution in [2.24, 2.45) is 0 Å². The summed E-state index contributed by atoms with van der Waals surface area (Å²) in [6.45, 7) is 3.12. The van der Waals surface area contributed by atoms with Crippen LogP contribution in [0.15, 0.2) is 42.6 Å². The molecule has 0 radical (unpaired) electrons. The molecule has 33 heavy (non-hydrogen) atoms. The van der Waals surface area contributed by atoms with Crippen LogP contribution in [0.25, 0.3) is 11.1 Å². The number of aromatic nitrogens is 1. The molecule has 0 spiro atoms. The molecule has 1 saturated heterocycles. The normalized spacial score (nSPS) is 21.5. The summed E-state index contributed by atoms with van der Waals surface area (Å²) in [4.78, 5) is 16.8. The Kier molecular flexibility index (Phi) is 7.04. The summed E-state index contributed by atoms with van der Waals surface area (Å²) in [6.07, 6.45) is -7.33. The third kappa shape index (κ3) is 5.47. The molecule has 1 N–H and O–H groups in total. The number of rotatable bonds is 6. The smallest absolute Gasteiger partial charge is 0.346 e. The van der Waals surface area contributed by atoms with Crippen LogP contribution in [0.2, 0.25) is 0 Å². The van der Waals surface area contributed by atoms with Crippen LogP contribution in [-0.4, -0.2) is 47.0 Å². The van der Waals surface area contributed by atoms with Gasteiger partial charge in [0.1, 0.15) is 18.5 Å². The van der Waals surface area contributed by atoms with E-state index in [0.29, 0.717) is 16.7 Å². The summed E-state index contributed by atoms with van der Waals surface area (Å²) >= 11 is 0. The molecule has 3 rings (SSSR count). The van der Waals surface area contributed by atoms with Gasteiger partial charge in [0.05, 0.1) is 17.8 Å². The zero-order chi connectivity index (χ0) is 24.6. The molecule has 180 valence electrons. The Balaban J connectivity index is 1.79. The largest absolute Gasteiger partial charge is 0.457 e. The predicted octanol–water partition coefficient (Wildman–Crippen LogP) is 5.16. The Morgan fingerprint density at radius 1 is 1.15 bits per heavy atom. The molecule has 1 aliphatic rings. The highest BCUT2D eigenvalue weighted by Crippen LogP contribution is 2.42. The van der Waals surface area contributed by atoms with Crippen LogP contribution in [0, 0.1) is 0 Å². The first-order chi connectivity index (χ1) is 15.3. The Bertz CT molecular complexity index is 964. The fourth-order valence-corrected chi connectivity index (χ4v) is 3.97. The molecule has 11 heteroatoms. The zero-order valence-corrected chi connectivity index (χ0v) is 18.0. The molecule has 2 aromatic rings. The minimum Gasteiger partial charge on any atom is -0.346 e. The van der Waals surface area contributed by atoms with E-state index in [0.717, 1.165) is 4.90 Å². The van der Waals surface area contributed by atoms with Crippen molar-refractivity contribution in [3.05, 3.63) is 53.9 Å². The first-order valence-corrected chi connectivity index (χ1v) is 10.1. The molecule has 1 aromatic carbocycles. The standard InChI is InChI=1S/C22H23F6N3O2/c1-12(30-22(26,27)28)16-9-8-15(11-29-16)13-4-6-14(7-5-13)18-17(10-23)31(20(32)19(24)25)21(2,3)33-18/h4-9,11-12,17-19,30H,10H2,1-3H3/t12?,17-,18-/m1/s1. The number of pyridine rings is 1. The van der Waals surface area contributed by atoms with E-state index in [2.05, 4.69) is 4.98 Å². The molecule has 0 saturated carbocycles. The number of halogens is 6. The van der Waals surface area contributed by atoms with E-state index in [1.165, 1.54) is 38.4 Å². The van der Waals surface area contributed by atoms with Gasteiger partial charge >= 0.3 is 12.7 Å². The molecular formula is C22H23F6N3O2. The molecule has 0 bridgehead atoms. The lowest BCUT2D eigenvalue weighted by Crippen LogP contribution is -2.51. The average Bonchev–Trinajstić information content (AvgIpc) is 3.02. The van der Waals surface area contributed by atoms with Gasteiger partial charge in [-0.3, -0.25) is 9.78 Å². The molecule has 1 amide bonds. The summed E-state index contributed by atoms with van der Waals surface area (Å²) in [5.41, 5.74) is 0.599. The Hall–Kier alpha value is -2.66. The quantitative estimate of drug-likeness (QED) is 0.464. The highest BCUT2D eigenvalue weighted by Gasteiger charge is 2.52. The third-order valence-corrected chi connectivity index (χ3v) is 5.44. The minimum atomic E-state index is -4.53. The van der Waals surface area contributed by atoms with Gasteiger partial charge in [-0.05, 0) is 38.0 Å². The highest BCUT2D eigenvalue weighted by molar-refractivity contribution is 5.80. The third-order valence-electron chi connectivity index (χ3n) is 5.44. The SMILES string of the molecule is CC(NC(F)(F)F)c1ccc(-c2ccc([C@H]3OC(C)(C)N(C(=O)C(F)F)[C@@H]3CF)cc2)cn1. The van der Waals surface area contributed by atoms with Gasteiger partial charge in [-0.15, -0.1) is 0 Å². The van der Waals surface area contributed by atoms with Crippen molar-refractivity contribution in [2.45, 2.75) is 57.4 Å². The van der Waals surface area contributed by atoms with Crippen LogP contribution in [-0.2, 0) is 9.53 Å². The second kappa shape index (κ2) is 9.30. The van der Waals surface area contributed by atoms with E-state index in [1.54, 1.807) is 30.3 Å². The number of carbonyl (C=O) groups is 1. The lowest BCUT2D eigenvalue weighted by Gasteiger charge is -2.32. The van der Waals surface area contributed by atoms with Crippen molar-refractivity contribution in [3.63, 3.8) is 0 Å². The van der Waals surface area contributed by atoms with Gasteiger partial charge in [-0.1, -0.05) is 30.3 Å². The summed E-state index contributed by atoms with van der Waals surface area (Å²) < 4.78 is 83.1. The number of hydrogen-bond donors (Lipinski definition) is 1. The van der Waals surface area contributed by atoms with Crippen molar-refractivity contribution in [2.75, 3.05) is 6.67 Å². The van der Waals surface area contributed by atoms with Gasteiger partial charge in [0.2, 0.25) is 0 Å². The van der Waals surface area contributed by atoms with Crippen LogP contribution < -0.4 is 5.32 Å². The first-order valence-electron chi connectivity index (χ1n) is 10.1. The fraction of sp³-hybridized carbons (Fsp3) is 0.455. The van der Waals surface area contributed by atoms with E-state index < -0.39 is 49.2 Å². The molecular weight excluding hydrogens is 452 g/mol. The van der Waals surface area contributed by atoms with Crippen LogP contribution in [0.3, 0.4) is 0 Å². The van der Waals surface area contributed by atoms with E-state index in [9.17, 15) is 31.1 Å². The number of amides is 1. The number of alkyl halides is 6. The average molecular weight is 475 g/mol. The van der Waals surface area contributed by atoms with Gasteiger partial charge in [0.15, 0.2) is 0 Å². The van der Waals surface area contributed by atoms with Gasteiger partial charge in [0.25, 0.3) is 5.91 Å². The lowest BCUT2D eigenvalue weighted by atomic mass is 9.99. The van der Waals surface area contributed by atoms with E-state index in [4.69, 9.17) is 4.74 Å². The number of nitrogens with one attached hydrogen (secondary N) is 1. The topological polar surface area (TPSA) is 54.5 Å². The second-order valence-electron chi connectivity index (χ2n) is 8.17. The summed E-state index contributed by atoms with van der Waals surface area (Å²) in [6, 6.07) is 7.45. The molecule has 1 aromatic heterocycles. The summed E-state index contributed by atoms with van der Waals surface area (Å²) in [5.74, 6) is -1.50. The zero-order valence-electron chi connectivity index (χ0n) is 18.0. The van der Waals surface area contributed by atoms with Gasteiger partial charge in [-0.2, -0.15) is 22.0 Å². The number of nitrogens with zero attached hydrogens (tertiary/aromatic N) is 2. The monoisotopic (exact) mass is 475 g/mol. The van der Waals surface area contributed by atoms with E-state index >= 15 is 0 Å². The number of hydrogen-bond acceptors (Lipinski definition) is 4. The summed E-state index contributed by atoms with van der Waals surface area (Å²) in [5, 5.41) is 1.49. The van der Waals surface area contributed by atoms with Crippen LogP contribution in [0.1, 0.15) is 44.2 Å². The molecule has 2 heterocycles. The maximum Gasteiger partial charge on any atom is 0.457 e. The molecule has 1 unspecified atom stereocenters. The fourth-order valence-electron chi connectivity index (χ4n) is 3.97. The molecule has 1 fully saturated rings. The van der Waals surface area contributed by atoms with E-state index in [-0.39, 0.29) is 5.69 Å². The van der Waals surface area contributed by atoms with Crippen LogP contribution >= 0.6 is 0 Å². The Labute approximate surface area is 186 Å². The Morgan fingerprint density at radius 2 is 1.76 bits per heavy atom. The Morgan fingerprint density at radius 3 is 2.24 bits per heavy atom. The van der Waals surface area contributed by atoms with Crippen molar-refractivity contribution in [3.8, 4) is 11.1 Å².